The van der Waals surface area contributed by atoms with E-state index in [1.165, 1.54) is 7.11 Å². The van der Waals surface area contributed by atoms with E-state index in [9.17, 15) is 9.59 Å². The molecule has 2 aromatic carbocycles. The molecule has 1 heterocycles. The smallest absolute Gasteiger partial charge is 0.319 e. The second-order valence-corrected chi connectivity index (χ2v) is 6.00. The minimum Gasteiger partial charge on any atom is -0.495 e. The third-order valence-corrected chi connectivity index (χ3v) is 4.32. The zero-order valence-electron chi connectivity index (χ0n) is 14.7. The number of urea groups is 1. The molecule has 0 unspecified atom stereocenters. The quantitative estimate of drug-likeness (QED) is 0.778. The fourth-order valence-electron chi connectivity index (χ4n) is 2.99. The van der Waals surface area contributed by atoms with Crippen molar-refractivity contribution in [2.75, 3.05) is 12.4 Å². The third kappa shape index (κ3) is 3.75. The number of nitriles is 1. The highest BCUT2D eigenvalue weighted by Gasteiger charge is 2.38. The van der Waals surface area contributed by atoms with Crippen LogP contribution in [0.2, 0.25) is 0 Å². The number of carbonyl (C=O) groups excluding carboxylic acids is 2. The molecule has 2 aromatic rings. The number of hydrogen-bond acceptors (Lipinski definition) is 4. The molecule has 7 nitrogen and oxygen atoms in total. The first kappa shape index (κ1) is 18.0. The van der Waals surface area contributed by atoms with Crippen LogP contribution in [0.4, 0.5) is 10.5 Å². The van der Waals surface area contributed by atoms with E-state index >= 15 is 0 Å². The zero-order valence-corrected chi connectivity index (χ0v) is 14.7. The monoisotopic (exact) mass is 362 g/mol. The Bertz CT molecular complexity index is 931. The van der Waals surface area contributed by atoms with Gasteiger partial charge >= 0.3 is 6.03 Å². The van der Waals surface area contributed by atoms with Gasteiger partial charge in [0, 0.05) is 5.70 Å². The summed E-state index contributed by atoms with van der Waals surface area (Å²) in [7, 11) is 1.52. The third-order valence-electron chi connectivity index (χ3n) is 4.32. The maximum Gasteiger partial charge on any atom is 0.319 e. The average molecular weight is 362 g/mol. The summed E-state index contributed by atoms with van der Waals surface area (Å²) in [6.07, 6.45) is 0. The molecule has 3 amide bonds. The number of hydrogen-bond donors (Lipinski definition) is 3. The predicted molar refractivity (Wildman–Crippen MR) is 99.8 cm³/mol. The molecule has 136 valence electrons. The first-order chi connectivity index (χ1) is 13.0. The van der Waals surface area contributed by atoms with E-state index in [1.807, 2.05) is 6.07 Å². The number of nitrogens with one attached hydrogen (secondary N) is 3. The molecule has 0 aromatic heterocycles. The standard InChI is InChI=1S/C20H18N4O3/c1-12-17(19(25)23-15-5-3-4-6-16(15)27-2)18(24-20(26)22-12)14-9-7-13(11-21)8-10-14/h3-10,17-18H,1H2,2H3,(H,23,25)(H2,22,24,26)/t17-,18-/m1/s1. The molecule has 1 aliphatic heterocycles. The van der Waals surface area contributed by atoms with E-state index < -0.39 is 18.0 Å². The van der Waals surface area contributed by atoms with E-state index in [1.54, 1.807) is 48.5 Å². The summed E-state index contributed by atoms with van der Waals surface area (Å²) in [6, 6.07) is 14.8. The fraction of sp³-hybridized carbons (Fsp3) is 0.150. The molecule has 0 spiro atoms. The number of benzene rings is 2. The Morgan fingerprint density at radius 1 is 1.22 bits per heavy atom. The number of nitrogens with zero attached hydrogens (tertiary/aromatic N) is 1. The van der Waals surface area contributed by atoms with Crippen LogP contribution >= 0.6 is 0 Å². The number of ether oxygens (including phenoxy) is 1. The van der Waals surface area contributed by atoms with Crippen LogP contribution in [0.3, 0.4) is 0 Å². The van der Waals surface area contributed by atoms with Gasteiger partial charge in [0.2, 0.25) is 5.91 Å². The molecule has 1 saturated heterocycles. The molecule has 1 fully saturated rings. The summed E-state index contributed by atoms with van der Waals surface area (Å²) in [5.74, 6) is -0.564. The van der Waals surface area contributed by atoms with Gasteiger partial charge in [0.25, 0.3) is 0 Å². The zero-order chi connectivity index (χ0) is 19.4. The molecular formula is C20H18N4O3. The molecule has 1 aliphatic rings. The number of para-hydroxylation sites is 2. The van der Waals surface area contributed by atoms with Crippen LogP contribution in [0.1, 0.15) is 17.2 Å². The van der Waals surface area contributed by atoms with E-state index in [0.717, 1.165) is 0 Å². The highest BCUT2D eigenvalue weighted by atomic mass is 16.5. The molecule has 27 heavy (non-hydrogen) atoms. The van der Waals surface area contributed by atoms with Crippen LogP contribution < -0.4 is 20.7 Å². The van der Waals surface area contributed by atoms with Crippen LogP contribution in [0, 0.1) is 17.2 Å². The van der Waals surface area contributed by atoms with Crippen LogP contribution in [-0.2, 0) is 4.79 Å². The van der Waals surface area contributed by atoms with E-state index in [-0.39, 0.29) is 5.91 Å². The normalized spacial score (nSPS) is 18.7. The van der Waals surface area contributed by atoms with Crippen molar-refractivity contribution in [2.45, 2.75) is 6.04 Å². The Morgan fingerprint density at radius 2 is 1.93 bits per heavy atom. The lowest BCUT2D eigenvalue weighted by Crippen LogP contribution is -2.51. The number of methoxy groups -OCH3 is 1. The van der Waals surface area contributed by atoms with Gasteiger partial charge in [-0.1, -0.05) is 30.8 Å². The largest absolute Gasteiger partial charge is 0.495 e. The van der Waals surface area contributed by atoms with Crippen molar-refractivity contribution < 1.29 is 14.3 Å². The lowest BCUT2D eigenvalue weighted by molar-refractivity contribution is -0.119. The minimum atomic E-state index is -0.749. The van der Waals surface area contributed by atoms with Crippen molar-refractivity contribution in [1.29, 1.82) is 5.26 Å². The van der Waals surface area contributed by atoms with Gasteiger partial charge < -0.3 is 20.7 Å². The molecule has 3 rings (SSSR count). The number of amides is 3. The van der Waals surface area contributed by atoms with Crippen molar-refractivity contribution in [1.82, 2.24) is 10.6 Å². The Morgan fingerprint density at radius 3 is 2.59 bits per heavy atom. The Labute approximate surface area is 156 Å². The van der Waals surface area contributed by atoms with Gasteiger partial charge in [-0.3, -0.25) is 4.79 Å². The molecule has 3 N–H and O–H groups in total. The van der Waals surface area contributed by atoms with Crippen molar-refractivity contribution in [3.8, 4) is 11.8 Å². The highest BCUT2D eigenvalue weighted by Crippen LogP contribution is 2.32. The summed E-state index contributed by atoms with van der Waals surface area (Å²) in [5, 5.41) is 17.1. The highest BCUT2D eigenvalue weighted by molar-refractivity contribution is 5.98. The second-order valence-electron chi connectivity index (χ2n) is 6.00. The summed E-state index contributed by atoms with van der Waals surface area (Å²) in [4.78, 5) is 24.9. The molecule has 0 saturated carbocycles. The SMILES string of the molecule is C=C1NC(=O)N[C@H](c2ccc(C#N)cc2)[C@@H]1C(=O)Nc1ccccc1OC. The maximum atomic E-state index is 13.0. The Kier molecular flexibility index (Phi) is 5.08. The van der Waals surface area contributed by atoms with Gasteiger partial charge in [-0.2, -0.15) is 5.26 Å². The lowest BCUT2D eigenvalue weighted by atomic mass is 9.88. The van der Waals surface area contributed by atoms with Gasteiger partial charge in [-0.05, 0) is 29.8 Å². The summed E-state index contributed by atoms with van der Waals surface area (Å²) >= 11 is 0. The minimum absolute atomic E-state index is 0.292. The molecule has 7 heteroatoms. The van der Waals surface area contributed by atoms with Crippen LogP contribution in [0.25, 0.3) is 0 Å². The average Bonchev–Trinajstić information content (AvgIpc) is 2.67. The fourth-order valence-corrected chi connectivity index (χ4v) is 2.99. The first-order valence-electron chi connectivity index (χ1n) is 8.23. The molecule has 0 bridgehead atoms. The first-order valence-corrected chi connectivity index (χ1v) is 8.23. The Hall–Kier alpha value is -3.79. The van der Waals surface area contributed by atoms with E-state index in [4.69, 9.17) is 10.00 Å². The van der Waals surface area contributed by atoms with Crippen LogP contribution in [0.5, 0.6) is 5.75 Å². The van der Waals surface area contributed by atoms with Gasteiger partial charge in [-0.25, -0.2) is 4.79 Å². The summed E-state index contributed by atoms with van der Waals surface area (Å²) in [6.45, 7) is 3.84. The molecular weight excluding hydrogens is 344 g/mol. The van der Waals surface area contributed by atoms with Crippen LogP contribution in [0.15, 0.2) is 60.8 Å². The van der Waals surface area contributed by atoms with Crippen molar-refractivity contribution in [2.24, 2.45) is 5.92 Å². The van der Waals surface area contributed by atoms with E-state index in [2.05, 4.69) is 22.5 Å². The van der Waals surface area contributed by atoms with Gasteiger partial charge in [0.05, 0.1) is 30.5 Å². The lowest BCUT2D eigenvalue weighted by Gasteiger charge is -2.34. The van der Waals surface area contributed by atoms with Crippen molar-refractivity contribution in [3.63, 3.8) is 0 Å². The van der Waals surface area contributed by atoms with Crippen LogP contribution in [-0.4, -0.2) is 19.0 Å². The van der Waals surface area contributed by atoms with Crippen molar-refractivity contribution in [3.05, 3.63) is 71.9 Å². The second kappa shape index (κ2) is 7.62. The summed E-state index contributed by atoms with van der Waals surface area (Å²) < 4.78 is 5.26. The Balaban J connectivity index is 1.91. The molecule has 2 atom stereocenters. The maximum absolute atomic E-state index is 13.0. The van der Waals surface area contributed by atoms with Gasteiger partial charge in [-0.15, -0.1) is 0 Å². The number of carbonyl (C=O) groups is 2. The summed E-state index contributed by atoms with van der Waals surface area (Å²) in [5.41, 5.74) is 2.01. The topological polar surface area (TPSA) is 103 Å². The van der Waals surface area contributed by atoms with Gasteiger partial charge in [0.15, 0.2) is 0 Å². The van der Waals surface area contributed by atoms with Crippen molar-refractivity contribution >= 4 is 17.6 Å². The molecule has 0 aliphatic carbocycles. The number of anilines is 1. The predicted octanol–water partition coefficient (Wildman–Crippen LogP) is 2.69. The van der Waals surface area contributed by atoms with Gasteiger partial charge in [0.1, 0.15) is 11.7 Å². The number of rotatable bonds is 4. The molecule has 0 radical (unpaired) electrons. The van der Waals surface area contributed by atoms with E-state index in [0.29, 0.717) is 28.3 Å².